The number of Topliss-reactive ketones (excluding diaryl/α,β-unsaturated/α-hetero) is 1. The lowest BCUT2D eigenvalue weighted by molar-refractivity contribution is 0.0820. The number of hydrogen-bond acceptors (Lipinski definition) is 3. The summed E-state index contributed by atoms with van der Waals surface area (Å²) in [4.78, 5) is 28.7. The van der Waals surface area contributed by atoms with Crippen molar-refractivity contribution in [1.82, 2.24) is 9.80 Å². The molecule has 4 heteroatoms. The monoisotopic (exact) mass is 350 g/mol. The van der Waals surface area contributed by atoms with Crippen LogP contribution >= 0.6 is 0 Å². The molecule has 1 amide bonds. The number of hydrogen-bond donors (Lipinski definition) is 0. The second-order valence-corrected chi connectivity index (χ2v) is 7.18. The Bertz CT molecular complexity index is 763. The second kappa shape index (κ2) is 8.28. The molecule has 1 saturated heterocycles. The third-order valence-corrected chi connectivity index (χ3v) is 5.00. The smallest absolute Gasteiger partial charge is 0.253 e. The Kier molecular flexibility index (Phi) is 5.84. The molecular weight excluding hydrogens is 324 g/mol. The Morgan fingerprint density at radius 2 is 1.62 bits per heavy atom. The van der Waals surface area contributed by atoms with Gasteiger partial charge >= 0.3 is 0 Å². The van der Waals surface area contributed by atoms with Gasteiger partial charge in [0.1, 0.15) is 0 Å². The van der Waals surface area contributed by atoms with Gasteiger partial charge in [0.25, 0.3) is 5.91 Å². The summed E-state index contributed by atoms with van der Waals surface area (Å²) >= 11 is 0. The lowest BCUT2D eigenvalue weighted by Crippen LogP contribution is -2.36. The Labute approximate surface area is 155 Å². The first-order chi connectivity index (χ1) is 12.5. The molecule has 0 spiro atoms. The lowest BCUT2D eigenvalue weighted by atomic mass is 9.89. The van der Waals surface area contributed by atoms with Gasteiger partial charge in [-0.1, -0.05) is 42.5 Å². The third kappa shape index (κ3) is 4.38. The summed E-state index contributed by atoms with van der Waals surface area (Å²) in [7, 11) is 3.53. The molecule has 2 aromatic rings. The van der Waals surface area contributed by atoms with Crippen LogP contribution in [0.3, 0.4) is 0 Å². The molecule has 0 aliphatic carbocycles. The molecule has 3 rings (SSSR count). The van der Waals surface area contributed by atoms with Crippen LogP contribution < -0.4 is 0 Å². The van der Waals surface area contributed by atoms with E-state index in [4.69, 9.17) is 0 Å². The average Bonchev–Trinajstić information content (AvgIpc) is 2.68. The minimum atomic E-state index is 0.0269. The molecule has 2 aromatic carbocycles. The van der Waals surface area contributed by atoms with Crippen LogP contribution in [-0.4, -0.2) is 48.7 Å². The van der Waals surface area contributed by atoms with Crippen LogP contribution in [0.4, 0.5) is 0 Å². The number of amides is 1. The van der Waals surface area contributed by atoms with Crippen molar-refractivity contribution in [2.45, 2.75) is 19.4 Å². The van der Waals surface area contributed by atoms with Crippen molar-refractivity contribution < 1.29 is 9.59 Å². The molecule has 136 valence electrons. The first kappa shape index (κ1) is 18.3. The maximum atomic E-state index is 12.6. The van der Waals surface area contributed by atoms with Crippen LogP contribution in [0.1, 0.15) is 39.1 Å². The van der Waals surface area contributed by atoms with E-state index in [1.54, 1.807) is 19.0 Å². The van der Waals surface area contributed by atoms with E-state index in [0.29, 0.717) is 0 Å². The third-order valence-electron chi connectivity index (χ3n) is 5.00. The van der Waals surface area contributed by atoms with E-state index in [2.05, 4.69) is 11.0 Å². The van der Waals surface area contributed by atoms with Crippen LogP contribution in [0.15, 0.2) is 54.6 Å². The molecule has 0 N–H and O–H groups in total. The molecule has 0 bridgehead atoms. The number of nitrogens with zero attached hydrogens (tertiary/aromatic N) is 2. The number of benzene rings is 2. The van der Waals surface area contributed by atoms with Gasteiger partial charge in [0, 0.05) is 37.7 Å². The van der Waals surface area contributed by atoms with Gasteiger partial charge in [-0.15, -0.1) is 0 Å². The molecule has 0 atom stereocenters. The van der Waals surface area contributed by atoms with E-state index >= 15 is 0 Å². The second-order valence-electron chi connectivity index (χ2n) is 7.18. The Morgan fingerprint density at radius 1 is 0.962 bits per heavy atom. The highest BCUT2D eigenvalue weighted by Crippen LogP contribution is 2.23. The minimum Gasteiger partial charge on any atom is -0.345 e. The first-order valence-electron chi connectivity index (χ1n) is 9.17. The zero-order valence-electron chi connectivity index (χ0n) is 15.5. The molecule has 26 heavy (non-hydrogen) atoms. The summed E-state index contributed by atoms with van der Waals surface area (Å²) in [5.74, 6) is 0.415. The van der Waals surface area contributed by atoms with Gasteiger partial charge in [-0.2, -0.15) is 0 Å². The maximum Gasteiger partial charge on any atom is 0.253 e. The maximum absolute atomic E-state index is 12.6. The van der Waals surface area contributed by atoms with Crippen molar-refractivity contribution in [2.24, 2.45) is 5.92 Å². The van der Waals surface area contributed by atoms with Gasteiger partial charge < -0.3 is 4.90 Å². The van der Waals surface area contributed by atoms with Crippen molar-refractivity contribution in [3.05, 3.63) is 71.3 Å². The number of carbonyl (C=O) groups excluding carboxylic acids is 2. The summed E-state index contributed by atoms with van der Waals surface area (Å²) in [6, 6.07) is 17.4. The van der Waals surface area contributed by atoms with E-state index in [1.165, 1.54) is 0 Å². The summed E-state index contributed by atoms with van der Waals surface area (Å²) in [5, 5.41) is 0. The molecule has 1 heterocycles. The van der Waals surface area contributed by atoms with Crippen LogP contribution in [0.2, 0.25) is 0 Å². The van der Waals surface area contributed by atoms with Crippen LogP contribution in [0.5, 0.6) is 0 Å². The molecule has 1 fully saturated rings. The molecule has 1 aliphatic heterocycles. The van der Waals surface area contributed by atoms with Gasteiger partial charge in [-0.25, -0.2) is 0 Å². The van der Waals surface area contributed by atoms with Crippen LogP contribution in [0.25, 0.3) is 0 Å². The van der Waals surface area contributed by atoms with Crippen molar-refractivity contribution in [2.75, 3.05) is 27.2 Å². The van der Waals surface area contributed by atoms with E-state index in [9.17, 15) is 9.59 Å². The number of carbonyl (C=O) groups is 2. The summed E-state index contributed by atoms with van der Waals surface area (Å²) in [6.07, 6.45) is 1.79. The quantitative estimate of drug-likeness (QED) is 0.775. The van der Waals surface area contributed by atoms with Gasteiger partial charge in [0.15, 0.2) is 5.78 Å². The Hall–Kier alpha value is -2.46. The summed E-state index contributed by atoms with van der Waals surface area (Å²) in [5.41, 5.74) is 2.69. The predicted molar refractivity (Wildman–Crippen MR) is 103 cm³/mol. The van der Waals surface area contributed by atoms with Gasteiger partial charge in [0.2, 0.25) is 0 Å². The lowest BCUT2D eigenvalue weighted by Gasteiger charge is -2.31. The van der Waals surface area contributed by atoms with Gasteiger partial charge in [-0.05, 0) is 43.6 Å². The minimum absolute atomic E-state index is 0.0269. The van der Waals surface area contributed by atoms with Crippen molar-refractivity contribution in [1.29, 1.82) is 0 Å². The highest BCUT2D eigenvalue weighted by molar-refractivity contribution is 5.97. The molecule has 0 radical (unpaired) electrons. The van der Waals surface area contributed by atoms with Gasteiger partial charge in [-0.3, -0.25) is 14.5 Å². The largest absolute Gasteiger partial charge is 0.345 e. The molecule has 0 unspecified atom stereocenters. The number of likely N-dealkylation sites (tertiary alicyclic amines) is 1. The van der Waals surface area contributed by atoms with Crippen molar-refractivity contribution in [3.63, 3.8) is 0 Å². The highest BCUT2D eigenvalue weighted by atomic mass is 16.2. The van der Waals surface area contributed by atoms with Gasteiger partial charge in [0.05, 0.1) is 0 Å². The number of piperidine rings is 1. The fraction of sp³-hybridized carbons (Fsp3) is 0.364. The highest BCUT2D eigenvalue weighted by Gasteiger charge is 2.25. The van der Waals surface area contributed by atoms with Crippen LogP contribution in [-0.2, 0) is 6.54 Å². The zero-order valence-corrected chi connectivity index (χ0v) is 15.5. The number of rotatable bonds is 5. The van der Waals surface area contributed by atoms with Crippen molar-refractivity contribution in [3.8, 4) is 0 Å². The zero-order chi connectivity index (χ0) is 18.5. The summed E-state index contributed by atoms with van der Waals surface area (Å²) in [6.45, 7) is 2.64. The van der Waals surface area contributed by atoms with Crippen LogP contribution in [0, 0.1) is 5.92 Å². The number of ketones is 1. The molecule has 0 aromatic heterocycles. The van der Waals surface area contributed by atoms with E-state index < -0.39 is 0 Å². The molecule has 1 aliphatic rings. The van der Waals surface area contributed by atoms with E-state index in [-0.39, 0.29) is 17.6 Å². The summed E-state index contributed by atoms with van der Waals surface area (Å²) < 4.78 is 0. The fourth-order valence-electron chi connectivity index (χ4n) is 3.51. The Balaban J connectivity index is 1.57. The normalized spacial score (nSPS) is 15.6. The predicted octanol–water partition coefficient (Wildman–Crippen LogP) is 3.48. The molecule has 4 nitrogen and oxygen atoms in total. The van der Waals surface area contributed by atoms with Crippen molar-refractivity contribution >= 4 is 11.7 Å². The van der Waals surface area contributed by atoms with E-state index in [1.807, 2.05) is 48.5 Å². The Morgan fingerprint density at radius 3 is 2.27 bits per heavy atom. The first-order valence-corrected chi connectivity index (χ1v) is 9.17. The topological polar surface area (TPSA) is 40.6 Å². The molecular formula is C22H26N2O2. The molecule has 0 saturated carbocycles. The standard InChI is InChI=1S/C22H26N2O2/c1-23(2)22(26)20-10-6-7-17(15-20)16-24-13-11-19(12-14-24)21(25)18-8-4-3-5-9-18/h3-10,15,19H,11-14,16H2,1-2H3. The van der Waals surface area contributed by atoms with E-state index in [0.717, 1.165) is 49.2 Å². The average molecular weight is 350 g/mol. The fourth-order valence-corrected chi connectivity index (χ4v) is 3.51. The SMILES string of the molecule is CN(C)C(=O)c1cccc(CN2CCC(C(=O)c3ccccc3)CC2)c1.